The summed E-state index contributed by atoms with van der Waals surface area (Å²) in [5.41, 5.74) is 0.281. The van der Waals surface area contributed by atoms with Crippen LogP contribution in [-0.4, -0.2) is 39.5 Å². The maximum Gasteiger partial charge on any atom is 0.343 e. The second kappa shape index (κ2) is 8.60. The first kappa shape index (κ1) is 22.1. The summed E-state index contributed by atoms with van der Waals surface area (Å²) >= 11 is 0. The number of phenolic OH excluding ortho intramolecular Hbond substituents is 4. The molecule has 1 aliphatic heterocycles. The van der Waals surface area contributed by atoms with Crippen LogP contribution in [0.1, 0.15) is 23.2 Å². The van der Waals surface area contributed by atoms with Crippen molar-refractivity contribution in [3.05, 3.63) is 70.4 Å². The van der Waals surface area contributed by atoms with Gasteiger partial charge in [-0.25, -0.2) is 4.79 Å². The Bertz CT molecular complexity index is 1500. The number of rotatable bonds is 4. The molecule has 0 unspecified atom stereocenters. The Morgan fingerprint density at radius 1 is 0.857 bits per heavy atom. The fourth-order valence-electron chi connectivity index (χ4n) is 4.15. The standard InChI is InChI=1S/C26H21NO8/c28-17-12-20(31)22-21(13-17)34-24(15-5-8-18(29)19(30)11-15)25(23(22)32)35-26(33)14-3-6-16(7-4-14)27-9-1-2-10-27/h3-8,11-13,28-31H,1-2,9-10H2. The molecule has 0 radical (unpaired) electrons. The molecule has 1 aliphatic rings. The molecule has 0 amide bonds. The molecule has 2 heterocycles. The molecule has 0 aliphatic carbocycles. The first-order valence-corrected chi connectivity index (χ1v) is 10.9. The van der Waals surface area contributed by atoms with Crippen LogP contribution in [0.3, 0.4) is 0 Å². The Hall–Kier alpha value is -4.66. The number of aromatic hydroxyl groups is 4. The normalized spacial score (nSPS) is 13.3. The van der Waals surface area contributed by atoms with E-state index in [9.17, 15) is 30.0 Å². The van der Waals surface area contributed by atoms with E-state index in [2.05, 4.69) is 4.90 Å². The highest BCUT2D eigenvalue weighted by Crippen LogP contribution is 2.38. The van der Waals surface area contributed by atoms with Crippen LogP contribution in [0, 0.1) is 0 Å². The molecular weight excluding hydrogens is 454 g/mol. The first-order valence-electron chi connectivity index (χ1n) is 10.9. The Balaban J connectivity index is 1.59. The largest absolute Gasteiger partial charge is 0.508 e. The average Bonchev–Trinajstić information content (AvgIpc) is 3.37. The number of hydrogen-bond donors (Lipinski definition) is 4. The summed E-state index contributed by atoms with van der Waals surface area (Å²) in [6.45, 7) is 1.90. The molecule has 4 N–H and O–H groups in total. The predicted octanol–water partition coefficient (Wildman–Crippen LogP) is 4.10. The van der Waals surface area contributed by atoms with Gasteiger partial charge in [-0.15, -0.1) is 0 Å². The zero-order valence-electron chi connectivity index (χ0n) is 18.4. The zero-order chi connectivity index (χ0) is 24.7. The van der Waals surface area contributed by atoms with Gasteiger partial charge in [-0.2, -0.15) is 0 Å². The molecule has 9 nitrogen and oxygen atoms in total. The van der Waals surface area contributed by atoms with Gasteiger partial charge in [0.15, 0.2) is 17.3 Å². The summed E-state index contributed by atoms with van der Waals surface area (Å²) in [4.78, 5) is 28.5. The number of nitrogens with zero attached hydrogens (tertiary/aromatic N) is 1. The lowest BCUT2D eigenvalue weighted by Gasteiger charge is -2.17. The van der Waals surface area contributed by atoms with Crippen molar-refractivity contribution >= 4 is 22.6 Å². The molecule has 1 aromatic heterocycles. The van der Waals surface area contributed by atoms with Crippen molar-refractivity contribution in [3.8, 4) is 40.1 Å². The van der Waals surface area contributed by atoms with Crippen molar-refractivity contribution in [2.45, 2.75) is 12.8 Å². The van der Waals surface area contributed by atoms with E-state index in [4.69, 9.17) is 9.15 Å². The molecule has 0 saturated carbocycles. The number of fused-ring (bicyclic) bond motifs is 1. The molecule has 0 spiro atoms. The van der Waals surface area contributed by atoms with Gasteiger partial charge in [0.05, 0.1) is 5.56 Å². The highest BCUT2D eigenvalue weighted by atomic mass is 16.5. The Morgan fingerprint density at radius 3 is 2.26 bits per heavy atom. The van der Waals surface area contributed by atoms with Crippen molar-refractivity contribution < 1.29 is 34.4 Å². The lowest BCUT2D eigenvalue weighted by atomic mass is 10.1. The van der Waals surface area contributed by atoms with Gasteiger partial charge >= 0.3 is 5.97 Å². The number of hydrogen-bond acceptors (Lipinski definition) is 9. The number of phenols is 4. The number of esters is 1. The lowest BCUT2D eigenvalue weighted by molar-refractivity contribution is 0.0731. The highest BCUT2D eigenvalue weighted by Gasteiger charge is 2.24. The van der Waals surface area contributed by atoms with Crippen LogP contribution in [0.4, 0.5) is 5.69 Å². The molecular formula is C26H21NO8. The number of benzene rings is 3. The van der Waals surface area contributed by atoms with Crippen LogP contribution in [0.2, 0.25) is 0 Å². The number of ether oxygens (including phenoxy) is 1. The van der Waals surface area contributed by atoms with Gasteiger partial charge < -0.3 is 34.5 Å². The average molecular weight is 475 g/mol. The van der Waals surface area contributed by atoms with Gasteiger partial charge in [-0.05, 0) is 55.3 Å². The van der Waals surface area contributed by atoms with E-state index in [1.165, 1.54) is 12.1 Å². The van der Waals surface area contributed by atoms with Crippen molar-refractivity contribution in [1.82, 2.24) is 0 Å². The van der Waals surface area contributed by atoms with Crippen LogP contribution in [0.25, 0.3) is 22.3 Å². The minimum Gasteiger partial charge on any atom is -0.508 e. The highest BCUT2D eigenvalue weighted by molar-refractivity contribution is 5.94. The third-order valence-electron chi connectivity index (χ3n) is 5.92. The van der Waals surface area contributed by atoms with Crippen molar-refractivity contribution in [1.29, 1.82) is 0 Å². The van der Waals surface area contributed by atoms with E-state index in [0.717, 1.165) is 49.8 Å². The van der Waals surface area contributed by atoms with E-state index >= 15 is 0 Å². The smallest absolute Gasteiger partial charge is 0.343 e. The van der Waals surface area contributed by atoms with Gasteiger partial charge in [-0.3, -0.25) is 4.79 Å². The second-order valence-electron chi connectivity index (χ2n) is 8.26. The van der Waals surface area contributed by atoms with E-state index in [1.807, 2.05) is 0 Å². The number of carbonyl (C=O) groups excluding carboxylic acids is 1. The van der Waals surface area contributed by atoms with Crippen LogP contribution in [0.15, 0.2) is 63.8 Å². The fraction of sp³-hybridized carbons (Fsp3) is 0.154. The Labute approximate surface area is 198 Å². The monoisotopic (exact) mass is 475 g/mol. The van der Waals surface area contributed by atoms with Gasteiger partial charge in [0.25, 0.3) is 0 Å². The molecule has 1 fully saturated rings. The first-order chi connectivity index (χ1) is 16.8. The SMILES string of the molecule is O=C(Oc1c(-c2ccc(O)c(O)c2)oc2cc(O)cc(O)c2c1=O)c1ccc(N2CCCC2)cc1. The van der Waals surface area contributed by atoms with E-state index in [-0.39, 0.29) is 33.6 Å². The molecule has 4 aromatic rings. The molecule has 0 atom stereocenters. The second-order valence-corrected chi connectivity index (χ2v) is 8.26. The van der Waals surface area contributed by atoms with Crippen molar-refractivity contribution in [2.75, 3.05) is 18.0 Å². The molecule has 178 valence electrons. The topological polar surface area (TPSA) is 141 Å². The zero-order valence-corrected chi connectivity index (χ0v) is 18.4. The minimum absolute atomic E-state index is 0.120. The summed E-state index contributed by atoms with van der Waals surface area (Å²) < 4.78 is 11.2. The number of anilines is 1. The maximum atomic E-state index is 13.3. The molecule has 5 rings (SSSR count). The summed E-state index contributed by atoms with van der Waals surface area (Å²) in [6.07, 6.45) is 2.23. The van der Waals surface area contributed by atoms with Gasteiger partial charge in [0, 0.05) is 36.5 Å². The minimum atomic E-state index is -0.853. The molecule has 3 aromatic carbocycles. The van der Waals surface area contributed by atoms with Crippen LogP contribution in [0.5, 0.6) is 28.7 Å². The van der Waals surface area contributed by atoms with E-state index in [1.54, 1.807) is 24.3 Å². The maximum absolute atomic E-state index is 13.3. The van der Waals surface area contributed by atoms with Gasteiger partial charge in [0.1, 0.15) is 22.5 Å². The van der Waals surface area contributed by atoms with Crippen molar-refractivity contribution in [3.63, 3.8) is 0 Å². The number of carbonyl (C=O) groups is 1. The quantitative estimate of drug-likeness (QED) is 0.254. The van der Waals surface area contributed by atoms with Gasteiger partial charge in [-0.1, -0.05) is 0 Å². The molecule has 0 bridgehead atoms. The van der Waals surface area contributed by atoms with E-state index < -0.39 is 34.4 Å². The van der Waals surface area contributed by atoms with Gasteiger partial charge in [0.2, 0.25) is 11.2 Å². The van der Waals surface area contributed by atoms with Crippen LogP contribution >= 0.6 is 0 Å². The fourth-order valence-corrected chi connectivity index (χ4v) is 4.15. The predicted molar refractivity (Wildman–Crippen MR) is 127 cm³/mol. The van der Waals surface area contributed by atoms with Crippen LogP contribution < -0.4 is 15.1 Å². The third kappa shape index (κ3) is 4.08. The lowest BCUT2D eigenvalue weighted by Crippen LogP contribution is -2.18. The molecule has 9 heteroatoms. The summed E-state index contributed by atoms with van der Waals surface area (Å²) in [7, 11) is 0. The Kier molecular flexibility index (Phi) is 5.44. The summed E-state index contributed by atoms with van der Waals surface area (Å²) in [5.74, 6) is -3.36. The Morgan fingerprint density at radius 2 is 1.57 bits per heavy atom. The third-order valence-corrected chi connectivity index (χ3v) is 5.92. The van der Waals surface area contributed by atoms with E-state index in [0.29, 0.717) is 0 Å². The summed E-state index contributed by atoms with van der Waals surface area (Å²) in [6, 6.07) is 12.6. The summed E-state index contributed by atoms with van der Waals surface area (Å²) in [5, 5.41) is 39.4. The van der Waals surface area contributed by atoms with Crippen molar-refractivity contribution in [2.24, 2.45) is 0 Å². The molecule has 1 saturated heterocycles. The molecule has 35 heavy (non-hydrogen) atoms. The van der Waals surface area contributed by atoms with Crippen LogP contribution in [-0.2, 0) is 0 Å².